The second-order valence-electron chi connectivity index (χ2n) is 4.44. The zero-order chi connectivity index (χ0) is 10.5. The van der Waals surface area contributed by atoms with Gasteiger partial charge in [-0.3, -0.25) is 0 Å². The summed E-state index contributed by atoms with van der Waals surface area (Å²) in [4.78, 5) is 0. The quantitative estimate of drug-likeness (QED) is 0.596. The predicted octanol–water partition coefficient (Wildman–Crippen LogP) is 3.21. The van der Waals surface area contributed by atoms with Crippen molar-refractivity contribution in [2.75, 3.05) is 6.61 Å². The molecule has 2 nitrogen and oxygen atoms in total. The predicted molar refractivity (Wildman–Crippen MR) is 55.7 cm³/mol. The van der Waals surface area contributed by atoms with Gasteiger partial charge < -0.3 is 9.47 Å². The van der Waals surface area contributed by atoms with Crippen molar-refractivity contribution in [2.45, 2.75) is 59.9 Å². The number of rotatable bonds is 6. The zero-order valence-corrected chi connectivity index (χ0v) is 9.89. The van der Waals surface area contributed by atoms with Gasteiger partial charge in [0.15, 0.2) is 5.79 Å². The molecule has 0 amide bonds. The van der Waals surface area contributed by atoms with Crippen molar-refractivity contribution in [1.29, 1.82) is 0 Å². The van der Waals surface area contributed by atoms with Gasteiger partial charge in [0.1, 0.15) is 0 Å². The van der Waals surface area contributed by atoms with E-state index in [1.807, 2.05) is 13.8 Å². The molecule has 0 rings (SSSR count). The molecule has 0 fully saturated rings. The number of hydrogen-bond acceptors (Lipinski definition) is 2. The molecule has 0 aliphatic rings. The Morgan fingerprint density at radius 1 is 1.15 bits per heavy atom. The highest BCUT2D eigenvalue weighted by molar-refractivity contribution is 4.58. The molecule has 0 aromatic carbocycles. The molecular formula is C11H24O2. The molecule has 0 aliphatic heterocycles. The Morgan fingerprint density at radius 2 is 1.69 bits per heavy atom. The van der Waals surface area contributed by atoms with Crippen LogP contribution < -0.4 is 0 Å². The first-order valence-electron chi connectivity index (χ1n) is 5.19. The van der Waals surface area contributed by atoms with Gasteiger partial charge in [-0.15, -0.1) is 0 Å². The first-order chi connectivity index (χ1) is 5.87. The van der Waals surface area contributed by atoms with Gasteiger partial charge >= 0.3 is 0 Å². The van der Waals surface area contributed by atoms with Gasteiger partial charge in [0, 0.05) is 0 Å². The SMILES string of the molecule is CCC(C)OC(C)(C)OCC(C)C. The summed E-state index contributed by atoms with van der Waals surface area (Å²) in [5.74, 6) is 0.111. The first kappa shape index (κ1) is 12.9. The molecule has 0 heterocycles. The van der Waals surface area contributed by atoms with Crippen LogP contribution in [0, 0.1) is 5.92 Å². The van der Waals surface area contributed by atoms with Crippen LogP contribution in [-0.2, 0) is 9.47 Å². The molecule has 2 heteroatoms. The Labute approximate surface area is 82.6 Å². The molecule has 0 spiro atoms. The summed E-state index contributed by atoms with van der Waals surface area (Å²) in [6, 6.07) is 0. The van der Waals surface area contributed by atoms with E-state index in [0.29, 0.717) is 5.92 Å². The second-order valence-corrected chi connectivity index (χ2v) is 4.44. The highest BCUT2D eigenvalue weighted by Gasteiger charge is 2.21. The van der Waals surface area contributed by atoms with Gasteiger partial charge in [0.05, 0.1) is 12.7 Å². The highest BCUT2D eigenvalue weighted by atomic mass is 16.7. The third kappa shape index (κ3) is 7.03. The van der Waals surface area contributed by atoms with E-state index >= 15 is 0 Å². The van der Waals surface area contributed by atoms with Crippen LogP contribution in [0.25, 0.3) is 0 Å². The van der Waals surface area contributed by atoms with Gasteiger partial charge in [-0.1, -0.05) is 20.8 Å². The summed E-state index contributed by atoms with van der Waals surface area (Å²) in [5, 5.41) is 0. The average molecular weight is 188 g/mol. The van der Waals surface area contributed by atoms with E-state index in [0.717, 1.165) is 13.0 Å². The van der Waals surface area contributed by atoms with E-state index in [2.05, 4.69) is 27.7 Å². The Hall–Kier alpha value is -0.0800. The van der Waals surface area contributed by atoms with E-state index in [1.165, 1.54) is 0 Å². The maximum absolute atomic E-state index is 5.72. The van der Waals surface area contributed by atoms with Crippen LogP contribution in [0.3, 0.4) is 0 Å². The molecule has 0 N–H and O–H groups in total. The Balaban J connectivity index is 3.79. The van der Waals surface area contributed by atoms with Gasteiger partial charge in [-0.2, -0.15) is 0 Å². The number of hydrogen-bond donors (Lipinski definition) is 0. The van der Waals surface area contributed by atoms with E-state index in [4.69, 9.17) is 9.47 Å². The minimum atomic E-state index is -0.445. The normalized spacial score (nSPS) is 15.0. The van der Waals surface area contributed by atoms with Gasteiger partial charge in [-0.05, 0) is 33.1 Å². The standard InChI is InChI=1S/C11H24O2/c1-7-10(4)13-11(5,6)12-8-9(2)3/h9-10H,7-8H2,1-6H3. The van der Waals surface area contributed by atoms with Gasteiger partial charge in [0.25, 0.3) is 0 Å². The first-order valence-corrected chi connectivity index (χ1v) is 5.19. The van der Waals surface area contributed by atoms with Crippen molar-refractivity contribution in [3.8, 4) is 0 Å². The molecule has 0 bridgehead atoms. The third-order valence-electron chi connectivity index (χ3n) is 1.82. The summed E-state index contributed by atoms with van der Waals surface area (Å²) in [7, 11) is 0. The molecule has 0 saturated carbocycles. The van der Waals surface area contributed by atoms with Crippen LogP contribution in [0.1, 0.15) is 48.0 Å². The summed E-state index contributed by atoms with van der Waals surface area (Å²) in [6.45, 7) is 13.2. The van der Waals surface area contributed by atoms with Crippen LogP contribution in [0.15, 0.2) is 0 Å². The van der Waals surface area contributed by atoms with Crippen molar-refractivity contribution in [2.24, 2.45) is 5.92 Å². The molecular weight excluding hydrogens is 164 g/mol. The largest absolute Gasteiger partial charge is 0.350 e. The molecule has 1 atom stereocenters. The lowest BCUT2D eigenvalue weighted by atomic mass is 10.2. The fourth-order valence-corrected chi connectivity index (χ4v) is 0.969. The lowest BCUT2D eigenvalue weighted by Gasteiger charge is -2.29. The number of ether oxygens (including phenoxy) is 2. The fraction of sp³-hybridized carbons (Fsp3) is 1.00. The summed E-state index contributed by atoms with van der Waals surface area (Å²) < 4.78 is 11.4. The summed E-state index contributed by atoms with van der Waals surface area (Å²) in [6.07, 6.45) is 1.29. The average Bonchev–Trinajstić information content (AvgIpc) is 2.00. The van der Waals surface area contributed by atoms with Crippen LogP contribution in [0.2, 0.25) is 0 Å². The van der Waals surface area contributed by atoms with Crippen molar-refractivity contribution in [3.05, 3.63) is 0 Å². The van der Waals surface area contributed by atoms with E-state index in [9.17, 15) is 0 Å². The second kappa shape index (κ2) is 5.61. The van der Waals surface area contributed by atoms with E-state index < -0.39 is 5.79 Å². The minimum Gasteiger partial charge on any atom is -0.350 e. The molecule has 0 aromatic heterocycles. The molecule has 1 unspecified atom stereocenters. The van der Waals surface area contributed by atoms with Crippen molar-refractivity contribution >= 4 is 0 Å². The lowest BCUT2D eigenvalue weighted by molar-refractivity contribution is -0.238. The van der Waals surface area contributed by atoms with Crippen LogP contribution in [-0.4, -0.2) is 18.5 Å². The molecule has 0 aliphatic carbocycles. The van der Waals surface area contributed by atoms with Crippen molar-refractivity contribution in [3.63, 3.8) is 0 Å². The van der Waals surface area contributed by atoms with Gasteiger partial charge in [-0.25, -0.2) is 0 Å². The topological polar surface area (TPSA) is 18.5 Å². The van der Waals surface area contributed by atoms with Crippen LogP contribution >= 0.6 is 0 Å². The summed E-state index contributed by atoms with van der Waals surface area (Å²) >= 11 is 0. The molecule has 13 heavy (non-hydrogen) atoms. The molecule has 0 aromatic rings. The van der Waals surface area contributed by atoms with Crippen LogP contribution in [0.4, 0.5) is 0 Å². The van der Waals surface area contributed by atoms with E-state index in [-0.39, 0.29) is 6.10 Å². The van der Waals surface area contributed by atoms with Gasteiger partial charge in [0.2, 0.25) is 0 Å². The zero-order valence-electron chi connectivity index (χ0n) is 9.89. The van der Waals surface area contributed by atoms with E-state index in [1.54, 1.807) is 0 Å². The van der Waals surface area contributed by atoms with Crippen molar-refractivity contribution in [1.82, 2.24) is 0 Å². The molecule has 80 valence electrons. The van der Waals surface area contributed by atoms with Crippen molar-refractivity contribution < 1.29 is 9.47 Å². The Kier molecular flexibility index (Phi) is 5.57. The summed E-state index contributed by atoms with van der Waals surface area (Å²) in [5.41, 5.74) is 0. The van der Waals surface area contributed by atoms with Crippen LogP contribution in [0.5, 0.6) is 0 Å². The highest BCUT2D eigenvalue weighted by Crippen LogP contribution is 2.16. The Bertz CT molecular complexity index is 130. The maximum Gasteiger partial charge on any atom is 0.163 e. The third-order valence-corrected chi connectivity index (χ3v) is 1.82. The molecule has 0 radical (unpaired) electrons. The fourth-order valence-electron chi connectivity index (χ4n) is 0.969. The lowest BCUT2D eigenvalue weighted by Crippen LogP contribution is -2.33. The Morgan fingerprint density at radius 3 is 2.08 bits per heavy atom. The maximum atomic E-state index is 5.72. The molecule has 0 saturated heterocycles. The minimum absolute atomic E-state index is 0.266. The monoisotopic (exact) mass is 188 g/mol. The smallest absolute Gasteiger partial charge is 0.163 e.